The molecule has 0 saturated carbocycles. The third kappa shape index (κ3) is 2.90. The van der Waals surface area contributed by atoms with E-state index in [1.807, 2.05) is 25.1 Å². The summed E-state index contributed by atoms with van der Waals surface area (Å²) < 4.78 is 27.4. The molecule has 0 aliphatic carbocycles. The number of fused-ring (bicyclic) bond motifs is 1. The normalized spacial score (nSPS) is 20.7. The first kappa shape index (κ1) is 15.1. The van der Waals surface area contributed by atoms with E-state index in [-0.39, 0.29) is 6.04 Å². The van der Waals surface area contributed by atoms with Gasteiger partial charge in [-0.2, -0.15) is 4.31 Å². The van der Waals surface area contributed by atoms with Crippen molar-refractivity contribution >= 4 is 20.8 Å². The average Bonchev–Trinajstić information content (AvgIpc) is 2.50. The van der Waals surface area contributed by atoms with Crippen LogP contribution in [0.15, 0.2) is 53.7 Å². The van der Waals surface area contributed by atoms with Gasteiger partial charge in [0.2, 0.25) is 10.0 Å². The predicted molar refractivity (Wildman–Crippen MR) is 87.1 cm³/mol. The highest BCUT2D eigenvalue weighted by atomic mass is 32.2. The van der Waals surface area contributed by atoms with Gasteiger partial charge in [-0.15, -0.1) is 0 Å². The molecule has 1 aromatic carbocycles. The molecule has 0 bridgehead atoms. The fourth-order valence-corrected chi connectivity index (χ4v) is 4.23. The smallest absolute Gasteiger partial charge is 0.243 e. The van der Waals surface area contributed by atoms with E-state index in [1.165, 1.54) is 4.31 Å². The van der Waals surface area contributed by atoms with Crippen LogP contribution in [0.1, 0.15) is 6.92 Å². The van der Waals surface area contributed by atoms with E-state index in [0.717, 1.165) is 17.3 Å². The number of hydrogen-bond donors (Lipinski definition) is 1. The third-order valence-corrected chi connectivity index (χ3v) is 5.84. The van der Waals surface area contributed by atoms with Crippen molar-refractivity contribution in [3.8, 4) is 0 Å². The van der Waals surface area contributed by atoms with E-state index in [0.29, 0.717) is 18.0 Å². The van der Waals surface area contributed by atoms with Gasteiger partial charge in [0.1, 0.15) is 0 Å². The van der Waals surface area contributed by atoms with Crippen LogP contribution in [0, 0.1) is 0 Å². The molecule has 0 saturated heterocycles. The van der Waals surface area contributed by atoms with Crippen molar-refractivity contribution < 1.29 is 8.42 Å². The lowest BCUT2D eigenvalue weighted by molar-refractivity contribution is 0.348. The Labute approximate surface area is 130 Å². The minimum Gasteiger partial charge on any atom is -0.312 e. The maximum atomic E-state index is 13.0. The Morgan fingerprint density at radius 2 is 2.09 bits per heavy atom. The minimum absolute atomic E-state index is 0.0944. The number of sulfonamides is 1. The molecule has 6 heteroatoms. The van der Waals surface area contributed by atoms with Gasteiger partial charge in [-0.05, 0) is 30.5 Å². The van der Waals surface area contributed by atoms with Crippen molar-refractivity contribution in [3.05, 3.63) is 48.8 Å². The SMILES string of the molecule is CC1CNCC=CCN1S(=O)(=O)c1ccc2cnccc2c1. The van der Waals surface area contributed by atoms with E-state index < -0.39 is 10.0 Å². The summed E-state index contributed by atoms with van der Waals surface area (Å²) in [6.07, 6.45) is 7.26. The zero-order valence-electron chi connectivity index (χ0n) is 12.4. The van der Waals surface area contributed by atoms with Gasteiger partial charge in [-0.3, -0.25) is 4.98 Å². The van der Waals surface area contributed by atoms with Crippen LogP contribution in [-0.4, -0.2) is 43.4 Å². The van der Waals surface area contributed by atoms with Gasteiger partial charge in [0, 0.05) is 43.5 Å². The topological polar surface area (TPSA) is 62.3 Å². The lowest BCUT2D eigenvalue weighted by atomic mass is 10.2. The molecule has 1 atom stereocenters. The Hall–Kier alpha value is -1.76. The van der Waals surface area contributed by atoms with Crippen molar-refractivity contribution in [2.24, 2.45) is 0 Å². The van der Waals surface area contributed by atoms with Gasteiger partial charge in [0.05, 0.1) is 4.90 Å². The molecule has 0 radical (unpaired) electrons. The number of aromatic nitrogens is 1. The highest BCUT2D eigenvalue weighted by Crippen LogP contribution is 2.23. The van der Waals surface area contributed by atoms with Crippen LogP contribution in [0.25, 0.3) is 10.8 Å². The van der Waals surface area contributed by atoms with Crippen LogP contribution in [0.2, 0.25) is 0 Å². The quantitative estimate of drug-likeness (QED) is 0.858. The molecule has 0 amide bonds. The molecule has 2 aromatic rings. The second kappa shape index (κ2) is 6.16. The second-order valence-corrected chi connectivity index (χ2v) is 7.33. The molecule has 1 unspecified atom stereocenters. The summed E-state index contributed by atoms with van der Waals surface area (Å²) in [5.74, 6) is 0. The van der Waals surface area contributed by atoms with Gasteiger partial charge in [0.15, 0.2) is 0 Å². The van der Waals surface area contributed by atoms with Gasteiger partial charge >= 0.3 is 0 Å². The summed E-state index contributed by atoms with van der Waals surface area (Å²) in [7, 11) is -3.52. The van der Waals surface area contributed by atoms with Crippen molar-refractivity contribution in [2.45, 2.75) is 17.9 Å². The van der Waals surface area contributed by atoms with Gasteiger partial charge in [-0.1, -0.05) is 18.2 Å². The number of hydrogen-bond acceptors (Lipinski definition) is 4. The Morgan fingerprint density at radius 3 is 2.95 bits per heavy atom. The van der Waals surface area contributed by atoms with Crippen molar-refractivity contribution in [1.29, 1.82) is 0 Å². The summed E-state index contributed by atoms with van der Waals surface area (Å²) in [4.78, 5) is 4.38. The van der Waals surface area contributed by atoms with Gasteiger partial charge < -0.3 is 5.32 Å². The largest absolute Gasteiger partial charge is 0.312 e. The van der Waals surface area contributed by atoms with Crippen LogP contribution in [0.3, 0.4) is 0 Å². The molecule has 0 spiro atoms. The summed E-state index contributed by atoms with van der Waals surface area (Å²) in [5, 5.41) is 5.03. The van der Waals surface area contributed by atoms with Crippen LogP contribution < -0.4 is 5.32 Å². The van der Waals surface area contributed by atoms with E-state index in [1.54, 1.807) is 30.6 Å². The van der Waals surface area contributed by atoms with Crippen LogP contribution >= 0.6 is 0 Å². The fourth-order valence-electron chi connectivity index (χ4n) is 2.61. The molecule has 0 fully saturated rings. The monoisotopic (exact) mass is 317 g/mol. The predicted octanol–water partition coefficient (Wildman–Crippen LogP) is 1.77. The van der Waals surface area contributed by atoms with Crippen molar-refractivity contribution in [3.63, 3.8) is 0 Å². The van der Waals surface area contributed by atoms with Gasteiger partial charge in [0.25, 0.3) is 0 Å². The average molecular weight is 317 g/mol. The molecule has 5 nitrogen and oxygen atoms in total. The lowest BCUT2D eigenvalue weighted by Gasteiger charge is -2.28. The zero-order valence-corrected chi connectivity index (χ0v) is 13.3. The molecule has 22 heavy (non-hydrogen) atoms. The highest BCUT2D eigenvalue weighted by Gasteiger charge is 2.28. The number of benzene rings is 1. The first-order valence-electron chi connectivity index (χ1n) is 7.30. The minimum atomic E-state index is -3.52. The summed E-state index contributed by atoms with van der Waals surface area (Å²) in [6, 6.07) is 6.91. The van der Waals surface area contributed by atoms with E-state index >= 15 is 0 Å². The van der Waals surface area contributed by atoms with Crippen LogP contribution in [-0.2, 0) is 10.0 Å². The number of nitrogens with zero attached hydrogens (tertiary/aromatic N) is 2. The molecule has 1 aromatic heterocycles. The van der Waals surface area contributed by atoms with Crippen LogP contribution in [0.5, 0.6) is 0 Å². The van der Waals surface area contributed by atoms with Crippen LogP contribution in [0.4, 0.5) is 0 Å². The first-order valence-corrected chi connectivity index (χ1v) is 8.74. The van der Waals surface area contributed by atoms with E-state index in [2.05, 4.69) is 10.3 Å². The first-order chi connectivity index (χ1) is 10.6. The van der Waals surface area contributed by atoms with E-state index in [9.17, 15) is 8.42 Å². The van der Waals surface area contributed by atoms with Crippen molar-refractivity contribution in [2.75, 3.05) is 19.6 Å². The number of rotatable bonds is 2. The number of nitrogens with one attached hydrogen (secondary N) is 1. The Bertz CT molecular complexity index is 802. The Kier molecular flexibility index (Phi) is 4.24. The maximum absolute atomic E-state index is 13.0. The highest BCUT2D eigenvalue weighted by molar-refractivity contribution is 7.89. The molecule has 1 N–H and O–H groups in total. The van der Waals surface area contributed by atoms with E-state index in [4.69, 9.17) is 0 Å². The maximum Gasteiger partial charge on any atom is 0.243 e. The third-order valence-electron chi connectivity index (χ3n) is 3.86. The standard InChI is InChI=1S/C16H19N3O2S/c1-13-11-17-7-2-3-9-19(13)22(20,21)16-5-4-15-12-18-8-6-14(15)10-16/h2-6,8,10,12-13,17H,7,9,11H2,1H3. The molecule has 3 rings (SSSR count). The molecular weight excluding hydrogens is 298 g/mol. The molecule has 1 aliphatic rings. The molecule has 116 valence electrons. The Balaban J connectivity index is 2.02. The number of pyridine rings is 1. The second-order valence-electron chi connectivity index (χ2n) is 5.44. The Morgan fingerprint density at radius 1 is 1.23 bits per heavy atom. The summed E-state index contributed by atoms with van der Waals surface area (Å²) in [5.41, 5.74) is 0. The lowest BCUT2D eigenvalue weighted by Crippen LogP contribution is -2.45. The zero-order chi connectivity index (χ0) is 15.6. The summed E-state index contributed by atoms with van der Waals surface area (Å²) >= 11 is 0. The molecular formula is C16H19N3O2S. The van der Waals surface area contributed by atoms with Crippen molar-refractivity contribution in [1.82, 2.24) is 14.6 Å². The molecule has 1 aliphatic heterocycles. The fraction of sp³-hybridized carbons (Fsp3) is 0.312. The summed E-state index contributed by atoms with van der Waals surface area (Å²) in [6.45, 7) is 3.75. The van der Waals surface area contributed by atoms with Gasteiger partial charge in [-0.25, -0.2) is 8.42 Å². The molecule has 2 heterocycles.